The molecule has 6 nitrogen and oxygen atoms in total. The van der Waals surface area contributed by atoms with Crippen molar-refractivity contribution >= 4 is 54.0 Å². The Morgan fingerprint density at radius 3 is 2.42 bits per heavy atom. The van der Waals surface area contributed by atoms with Gasteiger partial charge in [-0.2, -0.15) is 10.2 Å². The van der Waals surface area contributed by atoms with Gasteiger partial charge in [-0.05, 0) is 48.4 Å². The zero-order valence-corrected chi connectivity index (χ0v) is 18.8. The summed E-state index contributed by atoms with van der Waals surface area (Å²) in [4.78, 5) is 17.0. The minimum absolute atomic E-state index is 0.896. The summed E-state index contributed by atoms with van der Waals surface area (Å²) in [6, 6.07) is 15.5. The Morgan fingerprint density at radius 2 is 1.58 bits per heavy atom. The van der Waals surface area contributed by atoms with E-state index in [9.17, 15) is 0 Å². The lowest BCUT2D eigenvalue weighted by Crippen LogP contribution is -1.86. The first-order chi connectivity index (χ1) is 16.1. The van der Waals surface area contributed by atoms with Crippen molar-refractivity contribution in [3.63, 3.8) is 0 Å². The van der Waals surface area contributed by atoms with Crippen LogP contribution in [0.2, 0.25) is 0 Å². The number of aromatic amines is 2. The van der Waals surface area contributed by atoms with Gasteiger partial charge in [0.05, 0.1) is 35.3 Å². The molecular weight excluding hydrogens is 428 g/mol. The van der Waals surface area contributed by atoms with Crippen LogP contribution in [-0.4, -0.2) is 30.1 Å². The molecule has 4 aromatic heterocycles. The average molecular weight is 447 g/mol. The summed E-state index contributed by atoms with van der Waals surface area (Å²) < 4.78 is 1.25. The molecule has 0 aliphatic heterocycles. The van der Waals surface area contributed by atoms with E-state index in [0.717, 1.165) is 55.5 Å². The minimum atomic E-state index is 0.896. The number of H-pyrrole nitrogens is 2. The molecule has 7 rings (SSSR count). The van der Waals surface area contributed by atoms with E-state index in [4.69, 9.17) is 4.98 Å². The van der Waals surface area contributed by atoms with Gasteiger partial charge in [-0.3, -0.25) is 0 Å². The van der Waals surface area contributed by atoms with Crippen LogP contribution in [0.4, 0.5) is 0 Å². The highest BCUT2D eigenvalue weighted by atomic mass is 32.1. The van der Waals surface area contributed by atoms with Gasteiger partial charge in [0.2, 0.25) is 0 Å². The Labute approximate surface area is 192 Å². The molecule has 0 fully saturated rings. The molecule has 0 aliphatic rings. The largest absolute Gasteiger partial charge is 0.342 e. The molecule has 2 N–H and O–H groups in total. The normalized spacial score (nSPS) is 11.9. The van der Waals surface area contributed by atoms with Crippen LogP contribution in [0, 0.1) is 13.8 Å². The summed E-state index contributed by atoms with van der Waals surface area (Å²) in [5.74, 6) is 1.82. The monoisotopic (exact) mass is 446 g/mol. The van der Waals surface area contributed by atoms with Crippen LogP contribution < -0.4 is 0 Å². The van der Waals surface area contributed by atoms with Crippen LogP contribution in [0.5, 0.6) is 0 Å². The second-order valence-corrected chi connectivity index (χ2v) is 9.45. The van der Waals surface area contributed by atoms with E-state index in [1.807, 2.05) is 32.4 Å². The first-order valence-corrected chi connectivity index (χ1v) is 11.5. The predicted molar refractivity (Wildman–Crippen MR) is 135 cm³/mol. The average Bonchev–Trinajstić information content (AvgIpc) is 3.56. The first-order valence-electron chi connectivity index (χ1n) is 10.7. The van der Waals surface area contributed by atoms with E-state index in [-0.39, 0.29) is 0 Å². The topological polar surface area (TPSA) is 83.1 Å². The van der Waals surface area contributed by atoms with Crippen molar-refractivity contribution in [3.05, 3.63) is 72.7 Å². The van der Waals surface area contributed by atoms with Gasteiger partial charge < -0.3 is 9.97 Å². The molecule has 0 amide bonds. The van der Waals surface area contributed by atoms with E-state index in [2.05, 4.69) is 67.6 Å². The van der Waals surface area contributed by atoms with Crippen LogP contribution in [0.25, 0.3) is 64.4 Å². The van der Waals surface area contributed by atoms with Crippen molar-refractivity contribution in [1.82, 2.24) is 30.1 Å². The fourth-order valence-electron chi connectivity index (χ4n) is 4.65. The van der Waals surface area contributed by atoms with Gasteiger partial charge >= 0.3 is 0 Å². The molecule has 7 heteroatoms. The Bertz CT molecular complexity index is 1860. The standard InChI is InChI=1S/C26H18N6S/c1-13-27-12-22(30-13)15-3-4-17-9-24(33-23(17)8-15)16-5-6-18-19(7-16)20-10-28-29-11-21(20)26-25(18)31-14(2)32-26/h3-12H,1-2H3,(H,27,30)(H,31,32). The van der Waals surface area contributed by atoms with E-state index in [1.54, 1.807) is 11.3 Å². The van der Waals surface area contributed by atoms with Gasteiger partial charge in [-0.15, -0.1) is 11.3 Å². The van der Waals surface area contributed by atoms with Crippen molar-refractivity contribution in [2.24, 2.45) is 0 Å². The Hall–Kier alpha value is -4.10. The summed E-state index contributed by atoms with van der Waals surface area (Å²) in [5, 5.41) is 13.9. The molecule has 3 aromatic carbocycles. The maximum Gasteiger partial charge on any atom is 0.104 e. The van der Waals surface area contributed by atoms with Gasteiger partial charge in [-0.1, -0.05) is 24.3 Å². The third kappa shape index (κ3) is 2.79. The maximum absolute atomic E-state index is 4.71. The summed E-state index contributed by atoms with van der Waals surface area (Å²) in [7, 11) is 0. The number of fused-ring (bicyclic) bond motifs is 7. The van der Waals surface area contributed by atoms with Gasteiger partial charge in [0.1, 0.15) is 11.6 Å². The van der Waals surface area contributed by atoms with Crippen molar-refractivity contribution in [3.8, 4) is 21.7 Å². The quantitative estimate of drug-likeness (QED) is 0.295. The number of benzene rings is 3. The molecule has 0 aliphatic carbocycles. The lowest BCUT2D eigenvalue weighted by molar-refractivity contribution is 1.05. The SMILES string of the molecule is Cc1ncc(-c2ccc3cc(-c4ccc5c(c4)c4cnncc4c4nc(C)[nH]c54)sc3c2)[nH]1. The Balaban J connectivity index is 1.43. The number of aromatic nitrogens is 6. The molecule has 0 bridgehead atoms. The third-order valence-corrected chi connectivity index (χ3v) is 7.35. The van der Waals surface area contributed by atoms with Crippen LogP contribution in [0.1, 0.15) is 11.6 Å². The minimum Gasteiger partial charge on any atom is -0.342 e. The third-order valence-electron chi connectivity index (χ3n) is 6.21. The lowest BCUT2D eigenvalue weighted by Gasteiger charge is -2.07. The summed E-state index contributed by atoms with van der Waals surface area (Å²) in [5.41, 5.74) is 5.38. The Kier molecular flexibility index (Phi) is 3.75. The number of rotatable bonds is 2. The van der Waals surface area contributed by atoms with Crippen molar-refractivity contribution < 1.29 is 0 Å². The van der Waals surface area contributed by atoms with Gasteiger partial charge in [-0.25, -0.2) is 9.97 Å². The fraction of sp³-hybridized carbons (Fsp3) is 0.0769. The molecule has 0 radical (unpaired) electrons. The van der Waals surface area contributed by atoms with Crippen LogP contribution in [0.3, 0.4) is 0 Å². The zero-order valence-electron chi connectivity index (χ0n) is 18.0. The predicted octanol–water partition coefficient (Wildman–Crippen LogP) is 6.55. The highest BCUT2D eigenvalue weighted by Crippen LogP contribution is 2.39. The zero-order chi connectivity index (χ0) is 22.1. The van der Waals surface area contributed by atoms with Crippen LogP contribution >= 0.6 is 11.3 Å². The summed E-state index contributed by atoms with van der Waals surface area (Å²) in [6.07, 6.45) is 5.54. The Morgan fingerprint density at radius 1 is 0.727 bits per heavy atom. The molecule has 0 saturated carbocycles. The molecule has 7 aromatic rings. The number of nitrogens with one attached hydrogen (secondary N) is 2. The fourth-order valence-corrected chi connectivity index (χ4v) is 5.75. The van der Waals surface area contributed by atoms with Gasteiger partial charge in [0, 0.05) is 31.3 Å². The molecule has 0 spiro atoms. The van der Waals surface area contributed by atoms with Crippen molar-refractivity contribution in [2.75, 3.05) is 0 Å². The van der Waals surface area contributed by atoms with E-state index in [1.165, 1.54) is 20.5 Å². The first kappa shape index (κ1) is 18.5. The molecule has 4 heterocycles. The molecule has 33 heavy (non-hydrogen) atoms. The molecule has 158 valence electrons. The van der Waals surface area contributed by atoms with Crippen molar-refractivity contribution in [2.45, 2.75) is 13.8 Å². The summed E-state index contributed by atoms with van der Waals surface area (Å²) >= 11 is 1.81. The number of hydrogen-bond donors (Lipinski definition) is 2. The van der Waals surface area contributed by atoms with E-state index >= 15 is 0 Å². The van der Waals surface area contributed by atoms with E-state index in [0.29, 0.717) is 0 Å². The number of imidazole rings is 2. The highest BCUT2D eigenvalue weighted by molar-refractivity contribution is 7.22. The number of hydrogen-bond acceptors (Lipinski definition) is 5. The van der Waals surface area contributed by atoms with Gasteiger partial charge in [0.15, 0.2) is 0 Å². The number of thiophene rings is 1. The van der Waals surface area contributed by atoms with Crippen LogP contribution in [-0.2, 0) is 0 Å². The molecular formula is C26H18N6S. The second-order valence-electron chi connectivity index (χ2n) is 8.37. The highest BCUT2D eigenvalue weighted by Gasteiger charge is 2.14. The number of nitrogens with zero attached hydrogens (tertiary/aromatic N) is 4. The molecule has 0 saturated heterocycles. The van der Waals surface area contributed by atoms with Crippen LogP contribution in [0.15, 0.2) is 61.1 Å². The second kappa shape index (κ2) is 6.70. The van der Waals surface area contributed by atoms with Crippen molar-refractivity contribution in [1.29, 1.82) is 0 Å². The van der Waals surface area contributed by atoms with E-state index < -0.39 is 0 Å². The molecule has 0 atom stereocenters. The van der Waals surface area contributed by atoms with Gasteiger partial charge in [0.25, 0.3) is 0 Å². The lowest BCUT2D eigenvalue weighted by atomic mass is 9.99. The maximum atomic E-state index is 4.71. The number of aryl methyl sites for hydroxylation is 2. The summed E-state index contributed by atoms with van der Waals surface area (Å²) in [6.45, 7) is 3.95. The molecule has 0 unspecified atom stereocenters. The smallest absolute Gasteiger partial charge is 0.104 e.